The van der Waals surface area contributed by atoms with Crippen LogP contribution in [0.1, 0.15) is 11.1 Å². The van der Waals surface area contributed by atoms with Crippen LogP contribution in [0, 0.1) is 6.92 Å². The lowest BCUT2D eigenvalue weighted by molar-refractivity contribution is -0.121. The molecule has 0 aliphatic rings. The Hall–Kier alpha value is -2.91. The molecule has 28 heavy (non-hydrogen) atoms. The molecule has 0 atom stereocenters. The Kier molecular flexibility index (Phi) is 7.13. The van der Waals surface area contributed by atoms with Gasteiger partial charge in [-0.3, -0.25) is 4.79 Å². The minimum Gasteiger partial charge on any atom is -0.496 e. The highest BCUT2D eigenvalue weighted by Crippen LogP contribution is 2.27. The van der Waals surface area contributed by atoms with E-state index in [-0.39, 0.29) is 10.6 Å². The number of benzene rings is 2. The zero-order chi connectivity index (χ0) is 20.7. The number of methoxy groups -OCH3 is 2. The van der Waals surface area contributed by atoms with Crippen molar-refractivity contribution in [1.82, 2.24) is 9.73 Å². The number of sulfonamides is 1. The van der Waals surface area contributed by atoms with Crippen molar-refractivity contribution in [2.24, 2.45) is 5.10 Å². The van der Waals surface area contributed by atoms with E-state index in [1.165, 1.54) is 33.5 Å². The monoisotopic (exact) mass is 405 g/mol. The summed E-state index contributed by atoms with van der Waals surface area (Å²) in [6, 6.07) is 12.0. The van der Waals surface area contributed by atoms with E-state index < -0.39 is 22.5 Å². The lowest BCUT2D eigenvalue weighted by Crippen LogP contribution is -2.36. The summed E-state index contributed by atoms with van der Waals surface area (Å²) < 4.78 is 36.8. The first-order valence-electron chi connectivity index (χ1n) is 8.35. The van der Waals surface area contributed by atoms with Gasteiger partial charge in [0.2, 0.25) is 10.0 Å². The van der Waals surface area contributed by atoms with Gasteiger partial charge in [0.25, 0.3) is 5.91 Å². The van der Waals surface area contributed by atoms with Crippen molar-refractivity contribution in [1.29, 1.82) is 0 Å². The predicted octanol–water partition coefficient (Wildman–Crippen LogP) is 1.78. The van der Waals surface area contributed by atoms with Crippen LogP contribution >= 0.6 is 0 Å². The minimum absolute atomic E-state index is 0.00261. The third-order valence-electron chi connectivity index (χ3n) is 3.91. The van der Waals surface area contributed by atoms with Crippen molar-refractivity contribution in [2.45, 2.75) is 11.8 Å². The molecule has 2 aromatic carbocycles. The van der Waals surface area contributed by atoms with E-state index in [9.17, 15) is 13.2 Å². The Morgan fingerprint density at radius 2 is 1.82 bits per heavy atom. The zero-order valence-corrected chi connectivity index (χ0v) is 17.0. The summed E-state index contributed by atoms with van der Waals surface area (Å²) in [6.07, 6.45) is 1.43. The summed E-state index contributed by atoms with van der Waals surface area (Å²) in [5, 5.41) is 3.86. The van der Waals surface area contributed by atoms with Gasteiger partial charge < -0.3 is 9.47 Å². The van der Waals surface area contributed by atoms with E-state index in [2.05, 4.69) is 10.5 Å². The fourth-order valence-corrected chi connectivity index (χ4v) is 3.79. The fraction of sp³-hybridized carbons (Fsp3) is 0.263. The highest BCUT2D eigenvalue weighted by molar-refractivity contribution is 7.89. The van der Waals surface area contributed by atoms with Gasteiger partial charge in [-0.25, -0.2) is 13.8 Å². The molecule has 9 heteroatoms. The van der Waals surface area contributed by atoms with Crippen LogP contribution in [0.15, 0.2) is 52.5 Å². The molecule has 0 saturated heterocycles. The van der Waals surface area contributed by atoms with Gasteiger partial charge in [0.05, 0.1) is 27.0 Å². The number of carbonyl (C=O) groups is 1. The molecular weight excluding hydrogens is 382 g/mol. The van der Waals surface area contributed by atoms with Gasteiger partial charge in [0.15, 0.2) is 0 Å². The minimum atomic E-state index is -3.91. The predicted molar refractivity (Wildman–Crippen MR) is 106 cm³/mol. The molecule has 2 aromatic rings. The van der Waals surface area contributed by atoms with Crippen LogP contribution in [0.25, 0.3) is 0 Å². The topological polar surface area (TPSA) is 97.3 Å². The van der Waals surface area contributed by atoms with Gasteiger partial charge in [-0.1, -0.05) is 18.2 Å². The summed E-state index contributed by atoms with van der Waals surface area (Å²) >= 11 is 0. The number of amides is 1. The number of para-hydroxylation sites is 1. The lowest BCUT2D eigenvalue weighted by atomic mass is 10.2. The maximum absolute atomic E-state index is 12.8. The normalized spacial score (nSPS) is 11.6. The van der Waals surface area contributed by atoms with Crippen LogP contribution in [0.5, 0.6) is 11.5 Å². The largest absolute Gasteiger partial charge is 0.496 e. The molecule has 0 fully saturated rings. The van der Waals surface area contributed by atoms with Crippen LogP contribution < -0.4 is 14.9 Å². The van der Waals surface area contributed by atoms with Crippen LogP contribution in [0.4, 0.5) is 0 Å². The van der Waals surface area contributed by atoms with Crippen molar-refractivity contribution in [3.63, 3.8) is 0 Å². The van der Waals surface area contributed by atoms with Crippen LogP contribution in [0.2, 0.25) is 0 Å². The van der Waals surface area contributed by atoms with E-state index in [1.54, 1.807) is 37.3 Å². The summed E-state index contributed by atoms with van der Waals surface area (Å²) in [7, 11) is 0.333. The molecule has 0 saturated carbocycles. The Morgan fingerprint density at radius 3 is 2.50 bits per heavy atom. The fourth-order valence-electron chi connectivity index (χ4n) is 2.42. The molecule has 0 bridgehead atoms. The second kappa shape index (κ2) is 9.34. The molecule has 0 heterocycles. The molecule has 0 aliphatic carbocycles. The molecule has 150 valence electrons. The molecule has 8 nitrogen and oxygen atoms in total. The summed E-state index contributed by atoms with van der Waals surface area (Å²) in [5.41, 5.74) is 3.75. The maximum atomic E-state index is 12.8. The quantitative estimate of drug-likeness (QED) is 0.533. The van der Waals surface area contributed by atoms with Gasteiger partial charge in [0.1, 0.15) is 16.4 Å². The van der Waals surface area contributed by atoms with Crippen molar-refractivity contribution in [3.05, 3.63) is 53.6 Å². The van der Waals surface area contributed by atoms with E-state index in [0.717, 1.165) is 9.87 Å². The molecule has 0 radical (unpaired) electrons. The van der Waals surface area contributed by atoms with Crippen molar-refractivity contribution < 1.29 is 22.7 Å². The van der Waals surface area contributed by atoms with Crippen molar-refractivity contribution in [2.75, 3.05) is 27.8 Å². The van der Waals surface area contributed by atoms with Gasteiger partial charge in [-0.15, -0.1) is 0 Å². The highest BCUT2D eigenvalue weighted by Gasteiger charge is 2.26. The zero-order valence-electron chi connectivity index (χ0n) is 16.2. The number of carbonyl (C=O) groups excluding carboxylic acids is 1. The standard InChI is InChI=1S/C19H23N3O5S/c1-14-9-10-17(27-4)18(11-14)28(24,25)22(2)13-19(23)21-20-12-15-7-5-6-8-16(15)26-3/h5-12H,13H2,1-4H3,(H,21,23)/b20-12-. The molecule has 0 spiro atoms. The lowest BCUT2D eigenvalue weighted by Gasteiger charge is -2.18. The number of aryl methyl sites for hydroxylation is 1. The van der Waals surface area contributed by atoms with Gasteiger partial charge >= 0.3 is 0 Å². The first-order valence-corrected chi connectivity index (χ1v) is 9.79. The third-order valence-corrected chi connectivity index (χ3v) is 5.73. The third kappa shape index (κ3) is 5.08. The number of hydrazone groups is 1. The molecule has 0 aliphatic heterocycles. The molecule has 0 unspecified atom stereocenters. The number of hydrogen-bond donors (Lipinski definition) is 1. The van der Waals surface area contributed by atoms with Crippen LogP contribution in [-0.2, 0) is 14.8 Å². The van der Waals surface area contributed by atoms with Gasteiger partial charge in [-0.2, -0.15) is 9.41 Å². The molecular formula is C19H23N3O5S. The first-order chi connectivity index (χ1) is 13.3. The van der Waals surface area contributed by atoms with Crippen molar-refractivity contribution >= 4 is 22.1 Å². The smallest absolute Gasteiger partial charge is 0.255 e. The van der Waals surface area contributed by atoms with E-state index >= 15 is 0 Å². The van der Waals surface area contributed by atoms with E-state index in [4.69, 9.17) is 9.47 Å². The molecule has 1 N–H and O–H groups in total. The number of ether oxygens (including phenoxy) is 2. The van der Waals surface area contributed by atoms with Crippen LogP contribution in [-0.4, -0.2) is 52.7 Å². The van der Waals surface area contributed by atoms with Gasteiger partial charge in [-0.05, 0) is 36.8 Å². The Labute approximate surface area is 164 Å². The average Bonchev–Trinajstić information content (AvgIpc) is 2.68. The SMILES string of the molecule is COc1ccccc1/C=N\NC(=O)CN(C)S(=O)(=O)c1cc(C)ccc1OC. The molecule has 1 amide bonds. The summed E-state index contributed by atoms with van der Waals surface area (Å²) in [6.45, 7) is 1.38. The Morgan fingerprint density at radius 1 is 1.14 bits per heavy atom. The number of hydrogen-bond acceptors (Lipinski definition) is 6. The van der Waals surface area contributed by atoms with E-state index in [1.807, 2.05) is 6.07 Å². The van der Waals surface area contributed by atoms with Crippen LogP contribution in [0.3, 0.4) is 0 Å². The molecule has 2 rings (SSSR count). The summed E-state index contributed by atoms with van der Waals surface area (Å²) in [5.74, 6) is 0.239. The van der Waals surface area contributed by atoms with E-state index in [0.29, 0.717) is 11.3 Å². The average molecular weight is 405 g/mol. The Bertz CT molecular complexity index is 973. The number of nitrogens with one attached hydrogen (secondary N) is 1. The number of likely N-dealkylation sites (N-methyl/N-ethyl adjacent to an activating group) is 1. The maximum Gasteiger partial charge on any atom is 0.255 e. The second-order valence-electron chi connectivity index (χ2n) is 5.95. The number of nitrogens with zero attached hydrogens (tertiary/aromatic N) is 2. The Balaban J connectivity index is 2.07. The summed E-state index contributed by atoms with van der Waals surface area (Å²) in [4.78, 5) is 12.1. The molecule has 0 aromatic heterocycles. The number of rotatable bonds is 8. The second-order valence-corrected chi connectivity index (χ2v) is 7.96. The first kappa shape index (κ1) is 21.4. The highest BCUT2D eigenvalue weighted by atomic mass is 32.2. The van der Waals surface area contributed by atoms with Gasteiger partial charge in [0, 0.05) is 12.6 Å². The van der Waals surface area contributed by atoms with Crippen molar-refractivity contribution in [3.8, 4) is 11.5 Å².